The van der Waals surface area contributed by atoms with Crippen LogP contribution in [0.15, 0.2) is 58.2 Å². The lowest BCUT2D eigenvalue weighted by molar-refractivity contribution is 0.276. The van der Waals surface area contributed by atoms with Crippen LogP contribution >= 0.6 is 11.6 Å². The first-order valence-electron chi connectivity index (χ1n) is 10.5. The van der Waals surface area contributed by atoms with Gasteiger partial charge in [-0.3, -0.25) is 0 Å². The Morgan fingerprint density at radius 3 is 2.34 bits per heavy atom. The standard InChI is InChI=1S/C24H24ClN3O6S/c1-24(2,14-8-6-5-7-9-14)35(31,32)20-12-17(16(25)11-18(20)33-3)28-22-21(27-23(28)30)19(34-4)10-15(13-29)26-22/h5-12,29H,13H2,1-4H3,(H,27,30). The number of pyridine rings is 1. The van der Waals surface area contributed by atoms with Crippen LogP contribution in [0, 0.1) is 0 Å². The molecule has 0 spiro atoms. The summed E-state index contributed by atoms with van der Waals surface area (Å²) < 4.78 is 38.4. The molecule has 2 aromatic heterocycles. The number of hydrogen-bond donors (Lipinski definition) is 2. The summed E-state index contributed by atoms with van der Waals surface area (Å²) in [7, 11) is -1.29. The first-order valence-corrected chi connectivity index (χ1v) is 12.4. The Morgan fingerprint density at radius 2 is 1.74 bits per heavy atom. The zero-order chi connectivity index (χ0) is 25.5. The minimum absolute atomic E-state index is 0.0391. The molecule has 0 saturated heterocycles. The van der Waals surface area contributed by atoms with Gasteiger partial charge in [-0.05, 0) is 25.5 Å². The average molecular weight is 518 g/mol. The summed E-state index contributed by atoms with van der Waals surface area (Å²) in [5.74, 6) is 0.329. The Bertz CT molecular complexity index is 1580. The molecule has 2 heterocycles. The van der Waals surface area contributed by atoms with E-state index in [1.807, 2.05) is 0 Å². The normalized spacial score (nSPS) is 12.2. The lowest BCUT2D eigenvalue weighted by Crippen LogP contribution is -2.30. The minimum Gasteiger partial charge on any atom is -0.495 e. The Hall–Kier alpha value is -3.34. The molecule has 0 radical (unpaired) electrons. The molecule has 4 rings (SSSR count). The summed E-state index contributed by atoms with van der Waals surface area (Å²) in [5, 5.41) is 9.69. The van der Waals surface area contributed by atoms with E-state index in [0.717, 1.165) is 4.57 Å². The topological polar surface area (TPSA) is 124 Å². The van der Waals surface area contributed by atoms with Crippen LogP contribution in [-0.4, -0.2) is 42.3 Å². The molecule has 0 saturated carbocycles. The number of aromatic amines is 1. The molecule has 0 bridgehead atoms. The number of benzene rings is 2. The van der Waals surface area contributed by atoms with Crippen LogP contribution in [0.4, 0.5) is 0 Å². The molecular weight excluding hydrogens is 494 g/mol. The highest BCUT2D eigenvalue weighted by molar-refractivity contribution is 7.92. The summed E-state index contributed by atoms with van der Waals surface area (Å²) >= 11 is 6.52. The van der Waals surface area contributed by atoms with Gasteiger partial charge in [0.05, 0.1) is 42.0 Å². The van der Waals surface area contributed by atoms with E-state index >= 15 is 0 Å². The second kappa shape index (κ2) is 9.03. The van der Waals surface area contributed by atoms with E-state index < -0.39 is 26.9 Å². The minimum atomic E-state index is -4.05. The molecule has 0 atom stereocenters. The number of sulfone groups is 1. The number of nitrogens with zero attached hydrogens (tertiary/aromatic N) is 2. The van der Waals surface area contributed by atoms with Crippen molar-refractivity contribution in [3.05, 3.63) is 75.3 Å². The number of ether oxygens (including phenoxy) is 2. The third-order valence-corrected chi connectivity index (χ3v) is 8.73. The molecule has 0 unspecified atom stereocenters. The van der Waals surface area contributed by atoms with E-state index in [1.165, 1.54) is 32.4 Å². The zero-order valence-corrected chi connectivity index (χ0v) is 21.1. The van der Waals surface area contributed by atoms with Crippen molar-refractivity contribution in [3.8, 4) is 17.2 Å². The second-order valence-electron chi connectivity index (χ2n) is 8.27. The van der Waals surface area contributed by atoms with Crippen LogP contribution in [0.25, 0.3) is 16.9 Å². The average Bonchev–Trinajstić information content (AvgIpc) is 3.18. The fourth-order valence-corrected chi connectivity index (χ4v) is 5.80. The number of methoxy groups -OCH3 is 2. The first-order chi connectivity index (χ1) is 16.6. The van der Waals surface area contributed by atoms with E-state index in [4.69, 9.17) is 21.1 Å². The van der Waals surface area contributed by atoms with Crippen LogP contribution in [0.2, 0.25) is 5.02 Å². The summed E-state index contributed by atoms with van der Waals surface area (Å²) in [4.78, 5) is 19.9. The molecular formula is C24H24ClN3O6S. The third-order valence-electron chi connectivity index (χ3n) is 5.95. The van der Waals surface area contributed by atoms with E-state index in [9.17, 15) is 18.3 Å². The molecule has 184 valence electrons. The maximum atomic E-state index is 13.9. The highest BCUT2D eigenvalue weighted by Crippen LogP contribution is 2.41. The van der Waals surface area contributed by atoms with Crippen molar-refractivity contribution in [1.82, 2.24) is 14.5 Å². The number of imidazole rings is 1. The van der Waals surface area contributed by atoms with Crippen LogP contribution in [0.1, 0.15) is 25.1 Å². The quantitative estimate of drug-likeness (QED) is 0.384. The molecule has 11 heteroatoms. The van der Waals surface area contributed by atoms with Crippen molar-refractivity contribution >= 4 is 32.6 Å². The number of fused-ring (bicyclic) bond motifs is 1. The maximum Gasteiger partial charge on any atom is 0.332 e. The number of nitrogens with one attached hydrogen (secondary N) is 1. The SMILES string of the molecule is COc1cc(Cl)c(-n2c(=O)[nH]c3c(OC)cc(CO)nc32)cc1S(=O)(=O)C(C)(C)c1ccccc1. The second-order valence-corrected chi connectivity index (χ2v) is 11.1. The molecule has 0 amide bonds. The van der Waals surface area contributed by atoms with Gasteiger partial charge < -0.3 is 19.6 Å². The Labute approximate surface area is 206 Å². The predicted octanol–water partition coefficient (Wildman–Crippen LogP) is 3.59. The fourth-order valence-electron chi connectivity index (χ4n) is 3.90. The highest BCUT2D eigenvalue weighted by Gasteiger charge is 2.40. The van der Waals surface area contributed by atoms with E-state index in [-0.39, 0.29) is 44.0 Å². The largest absolute Gasteiger partial charge is 0.495 e. The first kappa shape index (κ1) is 24.8. The molecule has 4 aromatic rings. The van der Waals surface area contributed by atoms with Crippen molar-refractivity contribution in [2.45, 2.75) is 30.1 Å². The molecule has 35 heavy (non-hydrogen) atoms. The van der Waals surface area contributed by atoms with Gasteiger partial charge in [0.25, 0.3) is 0 Å². The molecule has 9 nitrogen and oxygen atoms in total. The van der Waals surface area contributed by atoms with Crippen molar-refractivity contribution < 1.29 is 23.0 Å². The van der Waals surface area contributed by atoms with Crippen LogP contribution < -0.4 is 15.2 Å². The Morgan fingerprint density at radius 1 is 1.09 bits per heavy atom. The summed E-state index contributed by atoms with van der Waals surface area (Å²) in [6.07, 6.45) is 0. The summed E-state index contributed by atoms with van der Waals surface area (Å²) in [5.41, 5.74) is 0.702. The van der Waals surface area contributed by atoms with Crippen LogP contribution in [0.5, 0.6) is 11.5 Å². The lowest BCUT2D eigenvalue weighted by Gasteiger charge is -2.27. The van der Waals surface area contributed by atoms with Gasteiger partial charge in [-0.1, -0.05) is 41.9 Å². The fraction of sp³-hybridized carbons (Fsp3) is 0.250. The summed E-state index contributed by atoms with van der Waals surface area (Å²) in [6, 6.07) is 12.9. The van der Waals surface area contributed by atoms with Crippen molar-refractivity contribution in [1.29, 1.82) is 0 Å². The van der Waals surface area contributed by atoms with Crippen LogP contribution in [-0.2, 0) is 21.2 Å². The highest BCUT2D eigenvalue weighted by atomic mass is 35.5. The van der Waals surface area contributed by atoms with Gasteiger partial charge in [-0.15, -0.1) is 0 Å². The number of halogens is 1. The molecule has 0 aliphatic rings. The third kappa shape index (κ3) is 3.97. The van der Waals surface area contributed by atoms with Gasteiger partial charge in [0.2, 0.25) is 0 Å². The maximum absolute atomic E-state index is 13.9. The number of H-pyrrole nitrogens is 1. The van der Waals surface area contributed by atoms with Gasteiger partial charge in [0, 0.05) is 12.1 Å². The Kier molecular flexibility index (Phi) is 6.39. The number of aliphatic hydroxyl groups is 1. The number of aliphatic hydroxyl groups excluding tert-OH is 1. The zero-order valence-electron chi connectivity index (χ0n) is 19.5. The Balaban J connectivity index is 2.02. The monoisotopic (exact) mass is 517 g/mol. The van der Waals surface area contributed by atoms with Gasteiger partial charge in [0.15, 0.2) is 15.5 Å². The smallest absolute Gasteiger partial charge is 0.332 e. The summed E-state index contributed by atoms with van der Waals surface area (Å²) in [6.45, 7) is 2.80. The van der Waals surface area contributed by atoms with E-state index in [0.29, 0.717) is 5.56 Å². The van der Waals surface area contributed by atoms with Crippen molar-refractivity contribution in [3.63, 3.8) is 0 Å². The molecule has 0 fully saturated rings. The van der Waals surface area contributed by atoms with Gasteiger partial charge >= 0.3 is 5.69 Å². The van der Waals surface area contributed by atoms with Gasteiger partial charge in [-0.2, -0.15) is 0 Å². The van der Waals surface area contributed by atoms with Crippen molar-refractivity contribution in [2.24, 2.45) is 0 Å². The van der Waals surface area contributed by atoms with Crippen molar-refractivity contribution in [2.75, 3.05) is 14.2 Å². The molecule has 0 aliphatic carbocycles. The van der Waals surface area contributed by atoms with Gasteiger partial charge in [0.1, 0.15) is 21.9 Å². The molecule has 0 aliphatic heterocycles. The number of hydrogen-bond acceptors (Lipinski definition) is 7. The number of aromatic nitrogens is 3. The lowest BCUT2D eigenvalue weighted by atomic mass is 10.0. The molecule has 2 aromatic carbocycles. The predicted molar refractivity (Wildman–Crippen MR) is 132 cm³/mol. The van der Waals surface area contributed by atoms with E-state index in [1.54, 1.807) is 44.2 Å². The van der Waals surface area contributed by atoms with Gasteiger partial charge in [-0.25, -0.2) is 22.8 Å². The van der Waals surface area contributed by atoms with E-state index in [2.05, 4.69) is 9.97 Å². The number of rotatable bonds is 7. The van der Waals surface area contributed by atoms with Crippen LogP contribution in [0.3, 0.4) is 0 Å². The molecule has 2 N–H and O–H groups in total.